The van der Waals surface area contributed by atoms with Gasteiger partial charge in [0.2, 0.25) is 0 Å². The van der Waals surface area contributed by atoms with Crippen LogP contribution < -0.4 is 5.32 Å². The number of hydrogen-bond acceptors (Lipinski definition) is 2. The van der Waals surface area contributed by atoms with Crippen LogP contribution in [-0.4, -0.2) is 36.0 Å². The van der Waals surface area contributed by atoms with Crippen LogP contribution in [0.1, 0.15) is 29.6 Å². The van der Waals surface area contributed by atoms with E-state index in [9.17, 15) is 4.79 Å². The van der Waals surface area contributed by atoms with Crippen molar-refractivity contribution in [1.82, 2.24) is 10.2 Å². The Morgan fingerprint density at radius 2 is 2.17 bits per heavy atom. The Morgan fingerprint density at radius 1 is 1.33 bits per heavy atom. The summed E-state index contributed by atoms with van der Waals surface area (Å²) in [5.41, 5.74) is 0.731. The molecule has 3 nitrogen and oxygen atoms in total. The second kappa shape index (κ2) is 5.02. The van der Waals surface area contributed by atoms with Gasteiger partial charge in [0.25, 0.3) is 5.91 Å². The zero-order chi connectivity index (χ0) is 12.5. The topological polar surface area (TPSA) is 32.3 Å². The summed E-state index contributed by atoms with van der Waals surface area (Å²) in [5, 5.41) is 3.13. The summed E-state index contributed by atoms with van der Waals surface area (Å²) < 4.78 is 0.946. The molecule has 1 aromatic carbocycles. The van der Waals surface area contributed by atoms with E-state index in [1.807, 2.05) is 24.3 Å². The van der Waals surface area contributed by atoms with E-state index in [1.165, 1.54) is 12.8 Å². The first-order chi connectivity index (χ1) is 8.72. The molecule has 0 aromatic heterocycles. The predicted octanol–water partition coefficient (Wildman–Crippen LogP) is 2.42. The summed E-state index contributed by atoms with van der Waals surface area (Å²) in [6.45, 7) is 2.15. The molecule has 4 heteroatoms. The normalized spacial score (nSPS) is 24.2. The molecule has 2 fully saturated rings. The third kappa shape index (κ3) is 2.75. The van der Waals surface area contributed by atoms with Gasteiger partial charge in [0.05, 0.1) is 0 Å². The number of likely N-dealkylation sites (tertiary alicyclic amines) is 1. The Bertz CT molecular complexity index is 459. The summed E-state index contributed by atoms with van der Waals surface area (Å²) >= 11 is 3.39. The highest BCUT2D eigenvalue weighted by Gasteiger charge is 2.34. The van der Waals surface area contributed by atoms with Crippen molar-refractivity contribution in [2.75, 3.05) is 13.1 Å². The first kappa shape index (κ1) is 12.2. The van der Waals surface area contributed by atoms with Gasteiger partial charge in [-0.05, 0) is 37.5 Å². The molecule has 1 unspecified atom stereocenters. The van der Waals surface area contributed by atoms with E-state index >= 15 is 0 Å². The lowest BCUT2D eigenvalue weighted by Gasteiger charge is -2.15. The largest absolute Gasteiger partial charge is 0.348 e. The van der Waals surface area contributed by atoms with Gasteiger partial charge in [-0.3, -0.25) is 9.69 Å². The smallest absolute Gasteiger partial charge is 0.251 e. The number of hydrogen-bond donors (Lipinski definition) is 1. The van der Waals surface area contributed by atoms with Gasteiger partial charge < -0.3 is 5.32 Å². The van der Waals surface area contributed by atoms with E-state index in [4.69, 9.17) is 0 Å². The Kier molecular flexibility index (Phi) is 3.39. The molecule has 1 aliphatic carbocycles. The highest BCUT2D eigenvalue weighted by Crippen LogP contribution is 2.29. The average Bonchev–Trinajstić information content (AvgIpc) is 3.11. The number of halogens is 1. The van der Waals surface area contributed by atoms with E-state index in [2.05, 4.69) is 26.1 Å². The zero-order valence-electron chi connectivity index (χ0n) is 10.2. The molecule has 0 radical (unpaired) electrons. The molecule has 1 aliphatic heterocycles. The summed E-state index contributed by atoms with van der Waals surface area (Å²) in [4.78, 5) is 14.6. The minimum absolute atomic E-state index is 0.0407. The van der Waals surface area contributed by atoms with Crippen molar-refractivity contribution >= 4 is 21.8 Å². The maximum atomic E-state index is 12.1. The molecule has 1 saturated heterocycles. The third-order valence-corrected chi connectivity index (χ3v) is 4.20. The molecule has 1 heterocycles. The molecule has 1 atom stereocenters. The molecule has 2 aliphatic rings. The Hall–Kier alpha value is -0.870. The number of carbonyl (C=O) groups excluding carboxylic acids is 1. The van der Waals surface area contributed by atoms with Gasteiger partial charge in [-0.25, -0.2) is 0 Å². The summed E-state index contributed by atoms with van der Waals surface area (Å²) in [6.07, 6.45) is 3.76. The van der Waals surface area contributed by atoms with Crippen molar-refractivity contribution in [2.45, 2.75) is 31.3 Å². The number of benzene rings is 1. The van der Waals surface area contributed by atoms with Gasteiger partial charge in [-0.1, -0.05) is 22.0 Å². The van der Waals surface area contributed by atoms with E-state index in [1.54, 1.807) is 0 Å². The first-order valence-corrected chi connectivity index (χ1v) is 7.32. The number of carbonyl (C=O) groups is 1. The molecule has 0 spiro atoms. The Morgan fingerprint density at radius 3 is 2.89 bits per heavy atom. The van der Waals surface area contributed by atoms with Gasteiger partial charge >= 0.3 is 0 Å². The second-order valence-electron chi connectivity index (χ2n) is 5.20. The lowest BCUT2D eigenvalue weighted by atomic mass is 10.2. The number of nitrogens with zero attached hydrogens (tertiary/aromatic N) is 1. The zero-order valence-corrected chi connectivity index (χ0v) is 11.8. The molecule has 18 heavy (non-hydrogen) atoms. The molecule has 1 saturated carbocycles. The lowest BCUT2D eigenvalue weighted by molar-refractivity contribution is 0.0937. The Labute approximate surface area is 116 Å². The highest BCUT2D eigenvalue weighted by molar-refractivity contribution is 9.10. The average molecular weight is 309 g/mol. The van der Waals surface area contributed by atoms with Crippen LogP contribution in [0.5, 0.6) is 0 Å². The first-order valence-electron chi connectivity index (χ1n) is 6.53. The van der Waals surface area contributed by atoms with E-state index in [0.29, 0.717) is 6.04 Å². The summed E-state index contributed by atoms with van der Waals surface area (Å²) in [7, 11) is 0. The fourth-order valence-electron chi connectivity index (χ4n) is 2.57. The Balaban J connectivity index is 1.58. The number of rotatable bonds is 3. The molecular weight excluding hydrogens is 292 g/mol. The maximum absolute atomic E-state index is 12.1. The fourth-order valence-corrected chi connectivity index (χ4v) is 2.97. The molecule has 96 valence electrons. The van der Waals surface area contributed by atoms with Gasteiger partial charge in [0, 0.05) is 35.2 Å². The van der Waals surface area contributed by atoms with E-state index in [-0.39, 0.29) is 5.91 Å². The maximum Gasteiger partial charge on any atom is 0.251 e. The molecular formula is C14H17BrN2O. The SMILES string of the molecule is O=C(NC1CCN(C2CC2)C1)c1cccc(Br)c1. The molecule has 3 rings (SSSR count). The van der Waals surface area contributed by atoms with Crippen LogP contribution >= 0.6 is 15.9 Å². The van der Waals surface area contributed by atoms with Crippen LogP contribution in [-0.2, 0) is 0 Å². The van der Waals surface area contributed by atoms with Crippen LogP contribution in [0.2, 0.25) is 0 Å². The van der Waals surface area contributed by atoms with Gasteiger partial charge in [0.15, 0.2) is 0 Å². The van der Waals surface area contributed by atoms with Gasteiger partial charge in [-0.2, -0.15) is 0 Å². The fraction of sp³-hybridized carbons (Fsp3) is 0.500. The number of nitrogens with one attached hydrogen (secondary N) is 1. The second-order valence-corrected chi connectivity index (χ2v) is 6.11. The van der Waals surface area contributed by atoms with Crippen molar-refractivity contribution < 1.29 is 4.79 Å². The minimum Gasteiger partial charge on any atom is -0.348 e. The number of amides is 1. The summed E-state index contributed by atoms with van der Waals surface area (Å²) in [6, 6.07) is 8.66. The van der Waals surface area contributed by atoms with E-state index in [0.717, 1.165) is 35.6 Å². The van der Waals surface area contributed by atoms with Crippen LogP contribution in [0.3, 0.4) is 0 Å². The molecule has 1 N–H and O–H groups in total. The summed E-state index contributed by atoms with van der Waals surface area (Å²) in [5.74, 6) is 0.0407. The highest BCUT2D eigenvalue weighted by atomic mass is 79.9. The van der Waals surface area contributed by atoms with Crippen LogP contribution in [0.15, 0.2) is 28.7 Å². The minimum atomic E-state index is 0.0407. The van der Waals surface area contributed by atoms with Crippen molar-refractivity contribution in [2.24, 2.45) is 0 Å². The van der Waals surface area contributed by atoms with Crippen LogP contribution in [0.4, 0.5) is 0 Å². The molecule has 1 aromatic rings. The predicted molar refractivity (Wildman–Crippen MR) is 74.6 cm³/mol. The van der Waals surface area contributed by atoms with Crippen molar-refractivity contribution in [3.8, 4) is 0 Å². The van der Waals surface area contributed by atoms with E-state index < -0.39 is 0 Å². The monoisotopic (exact) mass is 308 g/mol. The van der Waals surface area contributed by atoms with Crippen molar-refractivity contribution in [1.29, 1.82) is 0 Å². The van der Waals surface area contributed by atoms with Crippen molar-refractivity contribution in [3.05, 3.63) is 34.3 Å². The van der Waals surface area contributed by atoms with Gasteiger partial charge in [0.1, 0.15) is 0 Å². The van der Waals surface area contributed by atoms with Gasteiger partial charge in [-0.15, -0.1) is 0 Å². The standard InChI is InChI=1S/C14H17BrN2O/c15-11-3-1-2-10(8-11)14(18)16-12-6-7-17(9-12)13-4-5-13/h1-3,8,12-13H,4-7,9H2,(H,16,18). The molecule has 1 amide bonds. The lowest BCUT2D eigenvalue weighted by Crippen LogP contribution is -2.37. The molecule has 0 bridgehead atoms. The van der Waals surface area contributed by atoms with Crippen molar-refractivity contribution in [3.63, 3.8) is 0 Å². The third-order valence-electron chi connectivity index (χ3n) is 3.70. The van der Waals surface area contributed by atoms with Crippen LogP contribution in [0, 0.1) is 0 Å². The quantitative estimate of drug-likeness (QED) is 0.930. The van der Waals surface area contributed by atoms with Crippen LogP contribution in [0.25, 0.3) is 0 Å².